The van der Waals surface area contributed by atoms with E-state index in [9.17, 15) is 0 Å². The van der Waals surface area contributed by atoms with Crippen LogP contribution in [0, 0.1) is 6.92 Å². The summed E-state index contributed by atoms with van der Waals surface area (Å²) in [5.41, 5.74) is 1.91. The largest absolute Gasteiger partial charge is 0.489 e. The summed E-state index contributed by atoms with van der Waals surface area (Å²) >= 11 is 0. The number of nitrogens with zero attached hydrogens (tertiary/aromatic N) is 1. The monoisotopic (exact) mass is 282 g/mol. The van der Waals surface area contributed by atoms with Gasteiger partial charge in [0.1, 0.15) is 12.4 Å². The number of aryl methyl sites for hydroxylation is 1. The quantitative estimate of drug-likeness (QED) is 0.665. The zero-order valence-electron chi connectivity index (χ0n) is 12.9. The summed E-state index contributed by atoms with van der Waals surface area (Å²) in [4.78, 5) is 4.52. The SMILES string of the molecule is COCCNCc1nc(C)ccc1OCCOC(C)C. The summed E-state index contributed by atoms with van der Waals surface area (Å²) in [5, 5.41) is 3.28. The van der Waals surface area contributed by atoms with Crippen molar-refractivity contribution in [3.63, 3.8) is 0 Å². The maximum absolute atomic E-state index is 5.74. The normalized spacial score (nSPS) is 11.1. The van der Waals surface area contributed by atoms with Gasteiger partial charge in [0.15, 0.2) is 0 Å². The second-order valence-electron chi connectivity index (χ2n) is 4.84. The second-order valence-corrected chi connectivity index (χ2v) is 4.84. The van der Waals surface area contributed by atoms with E-state index in [4.69, 9.17) is 14.2 Å². The van der Waals surface area contributed by atoms with Crippen LogP contribution in [-0.2, 0) is 16.0 Å². The van der Waals surface area contributed by atoms with Gasteiger partial charge in [0, 0.05) is 25.9 Å². The van der Waals surface area contributed by atoms with Gasteiger partial charge in [-0.25, -0.2) is 0 Å². The Bertz CT molecular complexity index is 383. The fourth-order valence-corrected chi connectivity index (χ4v) is 1.67. The molecule has 1 rings (SSSR count). The molecule has 0 saturated carbocycles. The van der Waals surface area contributed by atoms with Crippen LogP contribution < -0.4 is 10.1 Å². The van der Waals surface area contributed by atoms with E-state index in [2.05, 4.69) is 10.3 Å². The Morgan fingerprint density at radius 2 is 2.00 bits per heavy atom. The Hall–Kier alpha value is -1.17. The van der Waals surface area contributed by atoms with E-state index in [0.29, 0.717) is 26.4 Å². The van der Waals surface area contributed by atoms with E-state index in [1.54, 1.807) is 7.11 Å². The number of methoxy groups -OCH3 is 1. The summed E-state index contributed by atoms with van der Waals surface area (Å²) < 4.78 is 16.2. The minimum atomic E-state index is 0.227. The molecule has 0 unspecified atom stereocenters. The number of aromatic nitrogens is 1. The fourth-order valence-electron chi connectivity index (χ4n) is 1.67. The Kier molecular flexibility index (Phi) is 8.18. The maximum atomic E-state index is 5.74. The van der Waals surface area contributed by atoms with E-state index in [-0.39, 0.29) is 6.10 Å². The molecule has 0 aliphatic rings. The molecule has 0 saturated heterocycles. The molecule has 1 aromatic heterocycles. The van der Waals surface area contributed by atoms with Crippen molar-refractivity contribution in [3.8, 4) is 5.75 Å². The van der Waals surface area contributed by atoms with Crippen LogP contribution >= 0.6 is 0 Å². The van der Waals surface area contributed by atoms with Gasteiger partial charge in [0.25, 0.3) is 0 Å². The molecule has 20 heavy (non-hydrogen) atoms. The van der Waals surface area contributed by atoms with E-state index < -0.39 is 0 Å². The van der Waals surface area contributed by atoms with Gasteiger partial charge in [-0.2, -0.15) is 0 Å². The van der Waals surface area contributed by atoms with Crippen LogP contribution in [0.2, 0.25) is 0 Å². The summed E-state index contributed by atoms with van der Waals surface area (Å²) in [6.45, 7) is 9.27. The minimum absolute atomic E-state index is 0.227. The summed E-state index contributed by atoms with van der Waals surface area (Å²) in [6, 6.07) is 3.92. The number of rotatable bonds is 10. The van der Waals surface area contributed by atoms with Crippen molar-refractivity contribution < 1.29 is 14.2 Å². The predicted octanol–water partition coefficient (Wildman–Crippen LogP) is 1.93. The van der Waals surface area contributed by atoms with E-state index in [0.717, 1.165) is 23.7 Å². The standard InChI is InChI=1S/C15H26N2O3/c1-12(2)19-9-10-20-15-6-5-13(3)17-14(15)11-16-7-8-18-4/h5-6,12,16H,7-11H2,1-4H3. The number of hydrogen-bond acceptors (Lipinski definition) is 5. The van der Waals surface area contributed by atoms with E-state index >= 15 is 0 Å². The fraction of sp³-hybridized carbons (Fsp3) is 0.667. The molecule has 0 aliphatic carbocycles. The molecular weight excluding hydrogens is 256 g/mol. The van der Waals surface area contributed by atoms with Gasteiger partial charge in [0.05, 0.1) is 25.0 Å². The number of hydrogen-bond donors (Lipinski definition) is 1. The lowest BCUT2D eigenvalue weighted by Crippen LogP contribution is -2.20. The molecule has 1 N–H and O–H groups in total. The van der Waals surface area contributed by atoms with Gasteiger partial charge < -0.3 is 19.5 Å². The van der Waals surface area contributed by atoms with Crippen LogP contribution in [0.4, 0.5) is 0 Å². The Morgan fingerprint density at radius 1 is 1.20 bits per heavy atom. The van der Waals surface area contributed by atoms with Crippen LogP contribution in [-0.4, -0.2) is 44.6 Å². The van der Waals surface area contributed by atoms with Crippen molar-refractivity contribution in [3.05, 3.63) is 23.5 Å². The summed E-state index contributed by atoms with van der Waals surface area (Å²) in [7, 11) is 1.69. The highest BCUT2D eigenvalue weighted by Crippen LogP contribution is 2.16. The van der Waals surface area contributed by atoms with Crippen molar-refractivity contribution >= 4 is 0 Å². The highest BCUT2D eigenvalue weighted by Gasteiger charge is 2.06. The molecule has 0 atom stereocenters. The molecule has 1 aromatic rings. The molecule has 0 radical (unpaired) electrons. The van der Waals surface area contributed by atoms with Crippen molar-refractivity contribution in [1.82, 2.24) is 10.3 Å². The first-order valence-corrected chi connectivity index (χ1v) is 7.04. The zero-order chi connectivity index (χ0) is 14.8. The van der Waals surface area contributed by atoms with Crippen LogP contribution in [0.25, 0.3) is 0 Å². The Labute approximate surface area is 121 Å². The molecule has 0 spiro atoms. The average molecular weight is 282 g/mol. The molecule has 1 heterocycles. The van der Waals surface area contributed by atoms with Gasteiger partial charge >= 0.3 is 0 Å². The van der Waals surface area contributed by atoms with Gasteiger partial charge in [-0.1, -0.05) is 0 Å². The number of ether oxygens (including phenoxy) is 3. The first-order valence-electron chi connectivity index (χ1n) is 7.04. The lowest BCUT2D eigenvalue weighted by Gasteiger charge is -2.13. The Morgan fingerprint density at radius 3 is 2.70 bits per heavy atom. The molecule has 0 fully saturated rings. The highest BCUT2D eigenvalue weighted by atomic mass is 16.5. The molecule has 0 aromatic carbocycles. The summed E-state index contributed by atoms with van der Waals surface area (Å²) in [6.07, 6.45) is 0.227. The third-order valence-electron chi connectivity index (χ3n) is 2.64. The van der Waals surface area contributed by atoms with Gasteiger partial charge in [-0.3, -0.25) is 4.98 Å². The third-order valence-corrected chi connectivity index (χ3v) is 2.64. The molecule has 0 bridgehead atoms. The van der Waals surface area contributed by atoms with Gasteiger partial charge in [-0.15, -0.1) is 0 Å². The van der Waals surface area contributed by atoms with Gasteiger partial charge in [-0.05, 0) is 32.9 Å². The lowest BCUT2D eigenvalue weighted by molar-refractivity contribution is 0.0549. The van der Waals surface area contributed by atoms with Crippen molar-refractivity contribution in [2.24, 2.45) is 0 Å². The second kappa shape index (κ2) is 9.69. The predicted molar refractivity (Wildman–Crippen MR) is 79.1 cm³/mol. The summed E-state index contributed by atoms with van der Waals surface area (Å²) in [5.74, 6) is 0.813. The zero-order valence-corrected chi connectivity index (χ0v) is 12.9. The van der Waals surface area contributed by atoms with Crippen molar-refractivity contribution in [2.75, 3.05) is 33.5 Å². The lowest BCUT2D eigenvalue weighted by atomic mass is 10.3. The minimum Gasteiger partial charge on any atom is -0.489 e. The average Bonchev–Trinajstić information content (AvgIpc) is 2.41. The van der Waals surface area contributed by atoms with Crippen LogP contribution in [0.5, 0.6) is 5.75 Å². The van der Waals surface area contributed by atoms with Crippen LogP contribution in [0.3, 0.4) is 0 Å². The number of pyridine rings is 1. The molecule has 0 amide bonds. The van der Waals surface area contributed by atoms with Gasteiger partial charge in [0.2, 0.25) is 0 Å². The van der Waals surface area contributed by atoms with Crippen molar-refractivity contribution in [1.29, 1.82) is 0 Å². The van der Waals surface area contributed by atoms with Crippen LogP contribution in [0.1, 0.15) is 25.2 Å². The van der Waals surface area contributed by atoms with Crippen LogP contribution in [0.15, 0.2) is 12.1 Å². The Balaban J connectivity index is 2.47. The van der Waals surface area contributed by atoms with E-state index in [1.165, 1.54) is 0 Å². The molecule has 114 valence electrons. The first-order chi connectivity index (χ1) is 9.63. The molecule has 5 nitrogen and oxygen atoms in total. The maximum Gasteiger partial charge on any atom is 0.142 e. The topological polar surface area (TPSA) is 52.6 Å². The smallest absolute Gasteiger partial charge is 0.142 e. The first kappa shape index (κ1) is 16.9. The third kappa shape index (κ3) is 6.84. The van der Waals surface area contributed by atoms with E-state index in [1.807, 2.05) is 32.9 Å². The highest BCUT2D eigenvalue weighted by molar-refractivity contribution is 5.29. The molecule has 5 heteroatoms. The molecule has 0 aliphatic heterocycles. The number of nitrogens with one attached hydrogen (secondary N) is 1. The molecular formula is C15H26N2O3. The van der Waals surface area contributed by atoms with Crippen molar-refractivity contribution in [2.45, 2.75) is 33.4 Å².